The summed E-state index contributed by atoms with van der Waals surface area (Å²) in [6.07, 6.45) is 1.10. The average molecular weight is 202 g/mol. The van der Waals surface area contributed by atoms with Gasteiger partial charge in [-0.1, -0.05) is 32.5 Å². The van der Waals surface area contributed by atoms with E-state index in [-0.39, 0.29) is 0 Å². The van der Waals surface area contributed by atoms with Crippen LogP contribution in [-0.4, -0.2) is 11.5 Å². The molecule has 1 rings (SSSR count). The molecule has 0 saturated carbocycles. The van der Waals surface area contributed by atoms with Crippen molar-refractivity contribution in [2.24, 2.45) is 0 Å². The highest BCUT2D eigenvalue weighted by atomic mass is 32.2. The number of nitrogens with one attached hydrogen (secondary N) is 2. The van der Waals surface area contributed by atoms with Crippen LogP contribution < -0.4 is 10.6 Å². The summed E-state index contributed by atoms with van der Waals surface area (Å²) in [5.41, 5.74) is 1.73. The largest absolute Gasteiger partial charge is 0.364 e. The van der Waals surface area contributed by atoms with Crippen molar-refractivity contribution in [1.82, 2.24) is 10.6 Å². The Hall–Kier alpha value is -0.150. The second-order valence-corrected chi connectivity index (χ2v) is 3.96. The van der Waals surface area contributed by atoms with Gasteiger partial charge in [-0.05, 0) is 25.7 Å². The van der Waals surface area contributed by atoms with E-state index in [1.807, 2.05) is 25.6 Å². The van der Waals surface area contributed by atoms with Crippen LogP contribution in [0.2, 0.25) is 0 Å². The van der Waals surface area contributed by atoms with Crippen LogP contribution in [0.25, 0.3) is 0 Å². The van der Waals surface area contributed by atoms with E-state index >= 15 is 0 Å². The molecular weight excluding hydrogens is 180 g/mol. The van der Waals surface area contributed by atoms with Gasteiger partial charge in [0.1, 0.15) is 5.50 Å². The van der Waals surface area contributed by atoms with E-state index in [9.17, 15) is 0 Å². The minimum absolute atomic E-state index is 0.393. The molecule has 0 spiro atoms. The lowest BCUT2D eigenvalue weighted by molar-refractivity contribution is 0.527. The molecule has 1 unspecified atom stereocenters. The Kier molecular flexibility index (Phi) is 7.19. The van der Waals surface area contributed by atoms with E-state index in [4.69, 9.17) is 0 Å². The van der Waals surface area contributed by atoms with Gasteiger partial charge in [-0.15, -0.1) is 0 Å². The summed E-state index contributed by atoms with van der Waals surface area (Å²) in [7, 11) is 0. The van der Waals surface area contributed by atoms with Crippen molar-refractivity contribution in [3.8, 4) is 0 Å². The standard InChI is InChI=1S/C8H16N2S.C2H6/c1-4-7-5-11-8(10-7)9-6(2)3;1-2/h5-6,8-10H,4H2,1-3H3;1-2H3. The fourth-order valence-corrected chi connectivity index (χ4v) is 2.06. The van der Waals surface area contributed by atoms with E-state index in [0.717, 1.165) is 6.42 Å². The maximum Gasteiger partial charge on any atom is 0.129 e. The molecule has 1 heterocycles. The first-order valence-corrected chi connectivity index (χ1v) is 6.03. The summed E-state index contributed by atoms with van der Waals surface area (Å²) in [6, 6.07) is 0.546. The fraction of sp³-hybridized carbons (Fsp3) is 0.800. The number of thioether (sulfide) groups is 1. The highest BCUT2D eigenvalue weighted by Crippen LogP contribution is 2.20. The fourth-order valence-electron chi connectivity index (χ4n) is 0.956. The van der Waals surface area contributed by atoms with Crippen molar-refractivity contribution in [2.75, 3.05) is 0 Å². The summed E-state index contributed by atoms with van der Waals surface area (Å²) < 4.78 is 0. The zero-order valence-electron chi connectivity index (χ0n) is 9.35. The van der Waals surface area contributed by atoms with Crippen molar-refractivity contribution >= 4 is 11.8 Å². The molecule has 78 valence electrons. The molecule has 2 N–H and O–H groups in total. The first-order chi connectivity index (χ1) is 6.22. The van der Waals surface area contributed by atoms with Gasteiger partial charge in [0.2, 0.25) is 0 Å². The number of rotatable bonds is 3. The number of allylic oxidation sites excluding steroid dienone is 1. The summed E-state index contributed by atoms with van der Waals surface area (Å²) in [5.74, 6) is 0. The van der Waals surface area contributed by atoms with Gasteiger partial charge in [-0.3, -0.25) is 5.32 Å². The Labute approximate surface area is 86.6 Å². The lowest BCUT2D eigenvalue weighted by atomic mass is 10.4. The maximum absolute atomic E-state index is 3.41. The van der Waals surface area contributed by atoms with Gasteiger partial charge in [0.25, 0.3) is 0 Å². The maximum atomic E-state index is 3.41. The monoisotopic (exact) mass is 202 g/mol. The molecule has 0 radical (unpaired) electrons. The molecule has 0 aromatic carbocycles. The predicted molar refractivity (Wildman–Crippen MR) is 62.5 cm³/mol. The zero-order chi connectivity index (χ0) is 10.3. The van der Waals surface area contributed by atoms with Crippen molar-refractivity contribution in [3.05, 3.63) is 11.1 Å². The minimum atomic E-state index is 0.393. The molecule has 2 nitrogen and oxygen atoms in total. The van der Waals surface area contributed by atoms with Crippen molar-refractivity contribution in [3.63, 3.8) is 0 Å². The first-order valence-electron chi connectivity index (χ1n) is 5.09. The molecule has 1 aliphatic heterocycles. The summed E-state index contributed by atoms with van der Waals surface area (Å²) in [4.78, 5) is 0. The topological polar surface area (TPSA) is 24.1 Å². The van der Waals surface area contributed by atoms with Gasteiger partial charge in [0, 0.05) is 11.7 Å². The van der Waals surface area contributed by atoms with E-state index < -0.39 is 0 Å². The third kappa shape index (κ3) is 5.21. The molecular formula is C10H22N2S. The smallest absolute Gasteiger partial charge is 0.129 e. The van der Waals surface area contributed by atoms with Crippen LogP contribution >= 0.6 is 11.8 Å². The van der Waals surface area contributed by atoms with Gasteiger partial charge >= 0.3 is 0 Å². The van der Waals surface area contributed by atoms with Crippen LogP contribution in [0.4, 0.5) is 0 Å². The third-order valence-electron chi connectivity index (χ3n) is 1.53. The number of hydrogen-bond donors (Lipinski definition) is 2. The molecule has 0 fully saturated rings. The van der Waals surface area contributed by atoms with E-state index in [1.165, 1.54) is 5.70 Å². The molecule has 0 saturated heterocycles. The van der Waals surface area contributed by atoms with Crippen LogP contribution in [0.15, 0.2) is 11.1 Å². The lowest BCUT2D eigenvalue weighted by Crippen LogP contribution is -2.39. The summed E-state index contributed by atoms with van der Waals surface area (Å²) in [6.45, 7) is 10.5. The molecule has 0 aromatic rings. The molecule has 0 bridgehead atoms. The van der Waals surface area contributed by atoms with Crippen LogP contribution in [0.3, 0.4) is 0 Å². The Morgan fingerprint density at radius 1 is 1.54 bits per heavy atom. The highest BCUT2D eigenvalue weighted by molar-refractivity contribution is 8.02. The highest BCUT2D eigenvalue weighted by Gasteiger charge is 2.14. The second-order valence-electron chi connectivity index (χ2n) is 2.98. The molecule has 13 heavy (non-hydrogen) atoms. The predicted octanol–water partition coefficient (Wildman–Crippen LogP) is 2.88. The third-order valence-corrected chi connectivity index (χ3v) is 2.48. The van der Waals surface area contributed by atoms with Gasteiger partial charge in [0.05, 0.1) is 0 Å². The zero-order valence-corrected chi connectivity index (χ0v) is 10.2. The molecule has 0 aliphatic carbocycles. The SMILES string of the molecule is CC.CCC1=CSC(NC(C)C)N1. The molecule has 0 aromatic heterocycles. The Balaban J connectivity index is 0.000000671. The minimum Gasteiger partial charge on any atom is -0.364 e. The van der Waals surface area contributed by atoms with Gasteiger partial charge in [0.15, 0.2) is 0 Å². The quantitative estimate of drug-likeness (QED) is 0.736. The average Bonchev–Trinajstić information content (AvgIpc) is 2.55. The molecule has 1 atom stereocenters. The Bertz CT molecular complexity index is 155. The van der Waals surface area contributed by atoms with Crippen LogP contribution in [0, 0.1) is 0 Å². The first kappa shape index (κ1) is 12.8. The van der Waals surface area contributed by atoms with Gasteiger partial charge in [-0.2, -0.15) is 0 Å². The van der Waals surface area contributed by atoms with E-state index in [1.54, 1.807) is 0 Å². The summed E-state index contributed by atoms with van der Waals surface area (Å²) in [5, 5.41) is 8.99. The van der Waals surface area contributed by atoms with Crippen molar-refractivity contribution in [1.29, 1.82) is 0 Å². The molecule has 3 heteroatoms. The van der Waals surface area contributed by atoms with Crippen LogP contribution in [-0.2, 0) is 0 Å². The Morgan fingerprint density at radius 3 is 2.54 bits per heavy atom. The normalized spacial score (nSPS) is 20.5. The summed E-state index contributed by atoms with van der Waals surface area (Å²) >= 11 is 1.82. The van der Waals surface area contributed by atoms with Crippen LogP contribution in [0.1, 0.15) is 41.0 Å². The molecule has 0 amide bonds. The van der Waals surface area contributed by atoms with Crippen molar-refractivity contribution < 1.29 is 0 Å². The lowest BCUT2D eigenvalue weighted by Gasteiger charge is -2.16. The number of hydrogen-bond acceptors (Lipinski definition) is 3. The van der Waals surface area contributed by atoms with E-state index in [2.05, 4.69) is 36.8 Å². The Morgan fingerprint density at radius 2 is 2.15 bits per heavy atom. The van der Waals surface area contributed by atoms with Crippen molar-refractivity contribution in [2.45, 2.75) is 52.6 Å². The van der Waals surface area contributed by atoms with E-state index in [0.29, 0.717) is 11.5 Å². The van der Waals surface area contributed by atoms with Crippen LogP contribution in [0.5, 0.6) is 0 Å². The van der Waals surface area contributed by atoms with Gasteiger partial charge < -0.3 is 5.32 Å². The molecule has 1 aliphatic rings. The second kappa shape index (κ2) is 7.27. The van der Waals surface area contributed by atoms with Gasteiger partial charge in [-0.25, -0.2) is 0 Å².